The van der Waals surface area contributed by atoms with E-state index in [9.17, 15) is 0 Å². The van der Waals surface area contributed by atoms with Crippen LogP contribution in [0.4, 0.5) is 22.7 Å². The standard InChI is InChI=1S/C62H43N3/c1-3-16-41(17-4-1)46-22-13-23-47(38-46)42-32-34-45(35-33-42)61-62(65-58-31-12-11-30-57(58)64-61)55-29-15-24-48-39-49(36-37-51(48)55)63-59-40-56(44-18-5-2-6-19-44)52-26-9-10-27-54(52)60(59)53-28-14-21-43-20-7-8-25-50(43)53/h1-40,61,63-64H. The van der Waals surface area contributed by atoms with Crippen LogP contribution in [-0.4, -0.2) is 5.71 Å². The van der Waals surface area contributed by atoms with Crippen molar-refractivity contribution in [3.05, 3.63) is 254 Å². The Morgan fingerprint density at radius 3 is 1.75 bits per heavy atom. The third-order valence-electron chi connectivity index (χ3n) is 12.9. The van der Waals surface area contributed by atoms with Crippen molar-refractivity contribution in [1.29, 1.82) is 0 Å². The molecule has 0 saturated carbocycles. The first-order valence-corrected chi connectivity index (χ1v) is 22.3. The largest absolute Gasteiger partial charge is 0.371 e. The van der Waals surface area contributed by atoms with Gasteiger partial charge in [-0.15, -0.1) is 0 Å². The highest BCUT2D eigenvalue weighted by Crippen LogP contribution is 2.45. The van der Waals surface area contributed by atoms with Gasteiger partial charge in [0.1, 0.15) is 0 Å². The van der Waals surface area contributed by atoms with Crippen LogP contribution in [0.1, 0.15) is 17.2 Å². The second-order valence-corrected chi connectivity index (χ2v) is 16.8. The van der Waals surface area contributed by atoms with E-state index in [2.05, 4.69) is 253 Å². The molecule has 12 rings (SSSR count). The van der Waals surface area contributed by atoms with Gasteiger partial charge < -0.3 is 10.6 Å². The Hall–Kier alpha value is -8.53. The number of hydrogen-bond donors (Lipinski definition) is 2. The van der Waals surface area contributed by atoms with Crippen LogP contribution in [0.25, 0.3) is 76.8 Å². The Kier molecular flexibility index (Phi) is 9.57. The normalized spacial score (nSPS) is 13.3. The Balaban J connectivity index is 0.946. The summed E-state index contributed by atoms with van der Waals surface area (Å²) in [6, 6.07) is 87.1. The number of benzene rings is 11. The first kappa shape index (κ1) is 38.2. The summed E-state index contributed by atoms with van der Waals surface area (Å²) in [5, 5.41) is 15.0. The van der Waals surface area contributed by atoms with E-state index in [-0.39, 0.29) is 6.04 Å². The number of nitrogens with one attached hydrogen (secondary N) is 2. The van der Waals surface area contributed by atoms with Crippen LogP contribution in [0.3, 0.4) is 0 Å². The molecule has 3 heteroatoms. The maximum atomic E-state index is 5.42. The molecule has 11 aromatic rings. The predicted molar refractivity (Wildman–Crippen MR) is 276 cm³/mol. The highest BCUT2D eigenvalue weighted by Gasteiger charge is 2.27. The Labute approximate surface area is 379 Å². The minimum Gasteiger partial charge on any atom is -0.371 e. The molecule has 1 atom stereocenters. The summed E-state index contributed by atoms with van der Waals surface area (Å²) in [6.45, 7) is 0. The molecule has 0 fully saturated rings. The fourth-order valence-electron chi connectivity index (χ4n) is 9.75. The Bertz CT molecular complexity index is 3590. The Morgan fingerprint density at radius 2 is 0.954 bits per heavy atom. The fraction of sp³-hybridized carbons (Fsp3) is 0.0161. The second kappa shape index (κ2) is 16.3. The molecule has 1 unspecified atom stereocenters. The SMILES string of the molecule is c1ccc(-c2cccc(-c3ccc(C4Nc5ccccc5N=C4c4cccc5cc(Nc6cc(-c7ccccc7)c7ccccc7c6-c6cccc7ccccc67)ccc45)cc3)c2)cc1. The summed E-state index contributed by atoms with van der Waals surface area (Å²) >= 11 is 0. The molecule has 11 aromatic carbocycles. The maximum Gasteiger partial charge on any atom is 0.0947 e. The topological polar surface area (TPSA) is 36.4 Å². The molecule has 1 heterocycles. The van der Waals surface area contributed by atoms with Gasteiger partial charge in [-0.2, -0.15) is 0 Å². The first-order valence-electron chi connectivity index (χ1n) is 22.3. The van der Waals surface area contributed by atoms with Crippen LogP contribution in [0, 0.1) is 0 Å². The van der Waals surface area contributed by atoms with Gasteiger partial charge in [-0.05, 0) is 113 Å². The van der Waals surface area contributed by atoms with Crippen molar-refractivity contribution in [3.8, 4) is 44.5 Å². The number of rotatable bonds is 8. The molecule has 65 heavy (non-hydrogen) atoms. The first-order chi connectivity index (χ1) is 32.2. The van der Waals surface area contributed by atoms with Crippen molar-refractivity contribution in [3.63, 3.8) is 0 Å². The molecule has 1 aliphatic rings. The third-order valence-corrected chi connectivity index (χ3v) is 12.9. The van der Waals surface area contributed by atoms with Gasteiger partial charge in [-0.25, -0.2) is 4.99 Å². The molecule has 306 valence electrons. The lowest BCUT2D eigenvalue weighted by molar-refractivity contribution is 1.02. The summed E-state index contributed by atoms with van der Waals surface area (Å²) in [4.78, 5) is 5.42. The molecular weight excluding hydrogens is 787 g/mol. The zero-order valence-corrected chi connectivity index (χ0v) is 35.6. The Morgan fingerprint density at radius 1 is 0.369 bits per heavy atom. The minimum absolute atomic E-state index is 0.157. The average molecular weight is 830 g/mol. The maximum absolute atomic E-state index is 5.42. The quantitative estimate of drug-likeness (QED) is 0.160. The molecule has 0 bridgehead atoms. The molecule has 2 N–H and O–H groups in total. The zero-order valence-electron chi connectivity index (χ0n) is 35.6. The van der Waals surface area contributed by atoms with Crippen molar-refractivity contribution in [2.45, 2.75) is 6.04 Å². The summed E-state index contributed by atoms with van der Waals surface area (Å²) in [6.07, 6.45) is 0. The molecular formula is C62H43N3. The molecule has 0 aromatic heterocycles. The van der Waals surface area contributed by atoms with Crippen LogP contribution in [0.2, 0.25) is 0 Å². The van der Waals surface area contributed by atoms with Gasteiger partial charge in [0.15, 0.2) is 0 Å². The van der Waals surface area contributed by atoms with Gasteiger partial charge in [0.25, 0.3) is 0 Å². The fourth-order valence-corrected chi connectivity index (χ4v) is 9.75. The summed E-state index contributed by atoms with van der Waals surface area (Å²) in [5.41, 5.74) is 16.9. The van der Waals surface area contributed by atoms with Crippen LogP contribution in [-0.2, 0) is 0 Å². The molecule has 0 radical (unpaired) electrons. The smallest absolute Gasteiger partial charge is 0.0947 e. The van der Waals surface area contributed by atoms with Crippen molar-refractivity contribution < 1.29 is 0 Å². The lowest BCUT2D eigenvalue weighted by Gasteiger charge is -2.28. The molecule has 1 aliphatic heterocycles. The number of aliphatic imine (C=N–C) groups is 1. The van der Waals surface area contributed by atoms with Crippen LogP contribution in [0.15, 0.2) is 248 Å². The van der Waals surface area contributed by atoms with Gasteiger partial charge in [-0.3, -0.25) is 0 Å². The van der Waals surface area contributed by atoms with E-state index in [0.29, 0.717) is 0 Å². The number of anilines is 3. The van der Waals surface area contributed by atoms with Crippen molar-refractivity contribution in [2.75, 3.05) is 10.6 Å². The molecule has 3 nitrogen and oxygen atoms in total. The van der Waals surface area contributed by atoms with Gasteiger partial charge >= 0.3 is 0 Å². The monoisotopic (exact) mass is 829 g/mol. The zero-order chi connectivity index (χ0) is 43.1. The summed E-state index contributed by atoms with van der Waals surface area (Å²) in [7, 11) is 0. The van der Waals surface area contributed by atoms with Gasteiger partial charge in [0, 0.05) is 22.5 Å². The highest BCUT2D eigenvalue weighted by atomic mass is 15.0. The lowest BCUT2D eigenvalue weighted by Crippen LogP contribution is -2.25. The van der Waals surface area contributed by atoms with Gasteiger partial charge in [0.2, 0.25) is 0 Å². The molecule has 0 aliphatic carbocycles. The van der Waals surface area contributed by atoms with E-state index in [1.807, 2.05) is 0 Å². The van der Waals surface area contributed by atoms with Crippen molar-refractivity contribution >= 4 is 60.8 Å². The van der Waals surface area contributed by atoms with E-state index in [1.54, 1.807) is 0 Å². The summed E-state index contributed by atoms with van der Waals surface area (Å²) < 4.78 is 0. The highest BCUT2D eigenvalue weighted by molar-refractivity contribution is 6.18. The number of nitrogens with zero attached hydrogens (tertiary/aromatic N) is 1. The van der Waals surface area contributed by atoms with E-state index >= 15 is 0 Å². The van der Waals surface area contributed by atoms with Crippen molar-refractivity contribution in [2.24, 2.45) is 4.99 Å². The minimum atomic E-state index is -0.157. The molecule has 0 spiro atoms. The third kappa shape index (κ3) is 7.10. The van der Waals surface area contributed by atoms with Crippen LogP contribution < -0.4 is 10.6 Å². The summed E-state index contributed by atoms with van der Waals surface area (Å²) in [5.74, 6) is 0. The average Bonchev–Trinajstić information content (AvgIpc) is 3.38. The second-order valence-electron chi connectivity index (χ2n) is 16.8. The van der Waals surface area contributed by atoms with Crippen LogP contribution >= 0.6 is 0 Å². The predicted octanol–water partition coefficient (Wildman–Crippen LogP) is 16.8. The van der Waals surface area contributed by atoms with E-state index in [1.165, 1.54) is 66.1 Å². The van der Waals surface area contributed by atoms with Crippen molar-refractivity contribution in [1.82, 2.24) is 0 Å². The number of para-hydroxylation sites is 2. The number of fused-ring (bicyclic) bond motifs is 4. The van der Waals surface area contributed by atoms with E-state index in [0.717, 1.165) is 50.4 Å². The van der Waals surface area contributed by atoms with Gasteiger partial charge in [-0.1, -0.05) is 206 Å². The number of hydrogen-bond acceptors (Lipinski definition) is 3. The molecule has 0 amide bonds. The van der Waals surface area contributed by atoms with Gasteiger partial charge in [0.05, 0.1) is 23.1 Å². The van der Waals surface area contributed by atoms with E-state index < -0.39 is 0 Å². The lowest BCUT2D eigenvalue weighted by atomic mass is 9.88. The van der Waals surface area contributed by atoms with Crippen LogP contribution in [0.5, 0.6) is 0 Å². The molecule has 0 saturated heterocycles. The van der Waals surface area contributed by atoms with E-state index in [4.69, 9.17) is 4.99 Å².